The third-order valence-electron chi connectivity index (χ3n) is 2.23. The van der Waals surface area contributed by atoms with Crippen LogP contribution >= 0.6 is 11.3 Å². The summed E-state index contributed by atoms with van der Waals surface area (Å²) in [4.78, 5) is 34.4. The van der Waals surface area contributed by atoms with Crippen LogP contribution in [0.5, 0.6) is 0 Å². The first-order valence-corrected chi connectivity index (χ1v) is 6.39. The fourth-order valence-electron chi connectivity index (χ4n) is 1.39. The van der Waals surface area contributed by atoms with E-state index in [1.54, 1.807) is 13.0 Å². The maximum atomic E-state index is 11.6. The number of aromatic nitrogens is 3. The van der Waals surface area contributed by atoms with Gasteiger partial charge in [0.05, 0.1) is 12.2 Å². The van der Waals surface area contributed by atoms with Gasteiger partial charge in [-0.3, -0.25) is 5.32 Å². The third kappa shape index (κ3) is 3.48. The van der Waals surface area contributed by atoms with Crippen LogP contribution in [0, 0.1) is 6.92 Å². The number of nitrogens with one attached hydrogen (secondary N) is 2. The van der Waals surface area contributed by atoms with Gasteiger partial charge in [-0.05, 0) is 13.0 Å². The van der Waals surface area contributed by atoms with Crippen molar-refractivity contribution in [2.24, 2.45) is 0 Å². The maximum absolute atomic E-state index is 11.6. The number of carbonyl (C=O) groups excluding carboxylic acids is 1. The van der Waals surface area contributed by atoms with Crippen molar-refractivity contribution in [2.45, 2.75) is 13.5 Å². The summed E-state index contributed by atoms with van der Waals surface area (Å²) < 4.78 is 0. The highest BCUT2D eigenvalue weighted by Crippen LogP contribution is 2.17. The molecule has 20 heavy (non-hydrogen) atoms. The molecule has 0 saturated heterocycles. The van der Waals surface area contributed by atoms with Gasteiger partial charge < -0.3 is 10.4 Å². The smallest absolute Gasteiger partial charge is 0.347 e. The lowest BCUT2D eigenvalue weighted by Crippen LogP contribution is -2.28. The summed E-state index contributed by atoms with van der Waals surface area (Å²) in [6, 6.07) is 1.15. The van der Waals surface area contributed by atoms with Crippen LogP contribution in [0.15, 0.2) is 18.5 Å². The molecule has 0 aliphatic heterocycles. The van der Waals surface area contributed by atoms with Crippen LogP contribution in [0.1, 0.15) is 20.4 Å². The Kier molecular flexibility index (Phi) is 4.20. The molecule has 0 spiro atoms. The zero-order valence-corrected chi connectivity index (χ0v) is 11.3. The highest BCUT2D eigenvalue weighted by atomic mass is 32.1. The van der Waals surface area contributed by atoms with Gasteiger partial charge in [0.1, 0.15) is 9.88 Å². The number of anilines is 1. The summed E-state index contributed by atoms with van der Waals surface area (Å²) in [6.07, 6.45) is 3.01. The van der Waals surface area contributed by atoms with Crippen molar-refractivity contribution in [3.8, 4) is 0 Å². The van der Waals surface area contributed by atoms with E-state index in [9.17, 15) is 9.59 Å². The molecule has 2 amide bonds. The molecule has 9 heteroatoms. The van der Waals surface area contributed by atoms with E-state index >= 15 is 0 Å². The zero-order chi connectivity index (χ0) is 14.5. The molecule has 0 aromatic carbocycles. The molecule has 0 aliphatic carbocycles. The number of nitrogens with zero attached hydrogens (tertiary/aromatic N) is 3. The first-order chi connectivity index (χ1) is 9.56. The molecule has 0 aliphatic rings. The average Bonchev–Trinajstić information content (AvgIpc) is 2.79. The molecular formula is C11H11N5O3S. The van der Waals surface area contributed by atoms with Crippen molar-refractivity contribution in [2.75, 3.05) is 5.32 Å². The van der Waals surface area contributed by atoms with Crippen molar-refractivity contribution in [3.63, 3.8) is 0 Å². The lowest BCUT2D eigenvalue weighted by atomic mass is 10.4. The van der Waals surface area contributed by atoms with E-state index in [2.05, 4.69) is 25.6 Å². The minimum Gasteiger partial charge on any atom is -0.477 e. The lowest BCUT2D eigenvalue weighted by Gasteiger charge is -2.03. The van der Waals surface area contributed by atoms with Gasteiger partial charge in [-0.25, -0.2) is 24.5 Å². The normalized spacial score (nSPS) is 10.1. The Morgan fingerprint density at radius 1 is 1.35 bits per heavy atom. The van der Waals surface area contributed by atoms with Gasteiger partial charge in [0.15, 0.2) is 0 Å². The van der Waals surface area contributed by atoms with Crippen molar-refractivity contribution < 1.29 is 14.7 Å². The van der Waals surface area contributed by atoms with Crippen LogP contribution in [0.2, 0.25) is 0 Å². The first-order valence-electron chi connectivity index (χ1n) is 5.57. The molecular weight excluding hydrogens is 282 g/mol. The molecule has 3 N–H and O–H groups in total. The van der Waals surface area contributed by atoms with E-state index < -0.39 is 12.0 Å². The largest absolute Gasteiger partial charge is 0.477 e. The second-order valence-electron chi connectivity index (χ2n) is 3.71. The van der Waals surface area contributed by atoms with Crippen LogP contribution in [-0.4, -0.2) is 32.1 Å². The van der Waals surface area contributed by atoms with Gasteiger partial charge in [0.25, 0.3) is 0 Å². The summed E-state index contributed by atoms with van der Waals surface area (Å²) in [5, 5.41) is 14.4. The average molecular weight is 293 g/mol. The summed E-state index contributed by atoms with van der Waals surface area (Å²) in [7, 11) is 0. The Labute approximate surface area is 117 Å². The number of urea groups is 1. The Morgan fingerprint density at radius 3 is 2.65 bits per heavy atom. The minimum atomic E-state index is -1.02. The monoisotopic (exact) mass is 293 g/mol. The molecule has 0 fully saturated rings. The van der Waals surface area contributed by atoms with E-state index in [1.807, 2.05) is 0 Å². The number of thiazole rings is 1. The van der Waals surface area contributed by atoms with Crippen molar-refractivity contribution in [3.05, 3.63) is 34.0 Å². The maximum Gasteiger partial charge on any atom is 0.347 e. The summed E-state index contributed by atoms with van der Waals surface area (Å²) in [5.74, 6) is -0.833. The fourth-order valence-corrected chi connectivity index (χ4v) is 2.23. The highest BCUT2D eigenvalue weighted by molar-refractivity contribution is 7.13. The van der Waals surface area contributed by atoms with E-state index in [1.165, 1.54) is 12.4 Å². The number of carbonyl (C=O) groups is 2. The fraction of sp³-hybridized carbons (Fsp3) is 0.182. The van der Waals surface area contributed by atoms with Gasteiger partial charge in [0.2, 0.25) is 5.95 Å². The van der Waals surface area contributed by atoms with Crippen LogP contribution in [0.3, 0.4) is 0 Å². The first kappa shape index (κ1) is 13.9. The van der Waals surface area contributed by atoms with Crippen LogP contribution in [0.4, 0.5) is 10.7 Å². The quantitative estimate of drug-likeness (QED) is 0.781. The Hall–Kier alpha value is -2.55. The summed E-state index contributed by atoms with van der Waals surface area (Å²) in [6.45, 7) is 1.75. The second kappa shape index (κ2) is 6.06. The molecule has 2 aromatic rings. The molecule has 0 bridgehead atoms. The van der Waals surface area contributed by atoms with Crippen LogP contribution in [-0.2, 0) is 6.54 Å². The second-order valence-corrected chi connectivity index (χ2v) is 4.79. The van der Waals surface area contributed by atoms with Gasteiger partial charge in [-0.2, -0.15) is 0 Å². The summed E-state index contributed by atoms with van der Waals surface area (Å²) in [5.41, 5.74) is 0.436. The van der Waals surface area contributed by atoms with Gasteiger partial charge in [-0.15, -0.1) is 11.3 Å². The topological polar surface area (TPSA) is 117 Å². The Balaban J connectivity index is 1.90. The number of rotatable bonds is 4. The number of amides is 2. The van der Waals surface area contributed by atoms with E-state index in [0.29, 0.717) is 10.7 Å². The predicted molar refractivity (Wildman–Crippen MR) is 71.7 cm³/mol. The van der Waals surface area contributed by atoms with Gasteiger partial charge in [0, 0.05) is 12.4 Å². The molecule has 8 nitrogen and oxygen atoms in total. The zero-order valence-electron chi connectivity index (χ0n) is 10.5. The van der Waals surface area contributed by atoms with Gasteiger partial charge in [-0.1, -0.05) is 0 Å². The molecule has 0 unspecified atom stereocenters. The molecule has 2 rings (SSSR count). The van der Waals surface area contributed by atoms with E-state index in [4.69, 9.17) is 5.11 Å². The van der Waals surface area contributed by atoms with Crippen LogP contribution < -0.4 is 10.6 Å². The Morgan fingerprint density at radius 2 is 2.05 bits per heavy atom. The molecule has 104 valence electrons. The number of aromatic carboxylic acids is 1. The van der Waals surface area contributed by atoms with Crippen LogP contribution in [0.25, 0.3) is 0 Å². The SMILES string of the molecule is Cc1nc(CNC(=O)Nc2ncccn2)sc1C(=O)O. The van der Waals surface area contributed by atoms with Crippen molar-refractivity contribution in [1.82, 2.24) is 20.3 Å². The number of hydrogen-bond donors (Lipinski definition) is 3. The van der Waals surface area contributed by atoms with E-state index in [-0.39, 0.29) is 17.4 Å². The molecule has 0 saturated carbocycles. The number of hydrogen-bond acceptors (Lipinski definition) is 6. The third-order valence-corrected chi connectivity index (χ3v) is 3.37. The van der Waals surface area contributed by atoms with Crippen molar-refractivity contribution in [1.29, 1.82) is 0 Å². The number of carboxylic acid groups (broad SMARTS) is 1. The molecule has 2 heterocycles. The van der Waals surface area contributed by atoms with Crippen molar-refractivity contribution >= 4 is 29.3 Å². The standard InChI is InChI=1S/C11H11N5O3S/c1-6-8(9(17)18)20-7(15-6)5-14-11(19)16-10-12-3-2-4-13-10/h2-4H,5H2,1H3,(H,17,18)(H2,12,13,14,16,19). The number of carboxylic acids is 1. The Bertz CT molecular complexity index is 628. The minimum absolute atomic E-state index is 0.136. The predicted octanol–water partition coefficient (Wildman–Crippen LogP) is 1.26. The molecule has 2 aromatic heterocycles. The molecule has 0 radical (unpaired) electrons. The molecule has 0 atom stereocenters. The van der Waals surface area contributed by atoms with Gasteiger partial charge >= 0.3 is 12.0 Å². The lowest BCUT2D eigenvalue weighted by molar-refractivity contribution is 0.0701. The summed E-state index contributed by atoms with van der Waals surface area (Å²) >= 11 is 1.03. The highest BCUT2D eigenvalue weighted by Gasteiger charge is 2.14. The number of aryl methyl sites for hydroxylation is 1. The van der Waals surface area contributed by atoms with E-state index in [0.717, 1.165) is 11.3 Å².